The lowest BCUT2D eigenvalue weighted by molar-refractivity contribution is -0.114. The Labute approximate surface area is 109 Å². The molecule has 0 unspecified atom stereocenters. The van der Waals surface area contributed by atoms with E-state index in [-0.39, 0.29) is 5.78 Å². The molecule has 18 heavy (non-hydrogen) atoms. The molecule has 0 heterocycles. The number of amides is 1. The molecule has 0 aromatic rings. The third-order valence-corrected chi connectivity index (χ3v) is 1.81. The van der Waals surface area contributed by atoms with Crippen LogP contribution in [0.15, 0.2) is 11.8 Å². The van der Waals surface area contributed by atoms with Crippen LogP contribution in [0.2, 0.25) is 0 Å². The lowest BCUT2D eigenvalue weighted by Crippen LogP contribution is -2.34. The average molecular weight is 257 g/mol. The fourth-order valence-electron chi connectivity index (χ4n) is 1.05. The normalized spacial score (nSPS) is 11.9. The van der Waals surface area contributed by atoms with Gasteiger partial charge in [0.25, 0.3) is 0 Å². The highest BCUT2D eigenvalue weighted by Crippen LogP contribution is 2.06. The van der Waals surface area contributed by atoms with Crippen molar-refractivity contribution in [3.63, 3.8) is 0 Å². The summed E-state index contributed by atoms with van der Waals surface area (Å²) in [6.07, 6.45) is 1.43. The molecule has 0 aliphatic rings. The van der Waals surface area contributed by atoms with Crippen molar-refractivity contribution < 1.29 is 19.1 Å². The van der Waals surface area contributed by atoms with E-state index in [0.29, 0.717) is 25.3 Å². The van der Waals surface area contributed by atoms with Gasteiger partial charge < -0.3 is 14.8 Å². The first-order valence-electron chi connectivity index (χ1n) is 6.05. The maximum atomic E-state index is 11.3. The Balaban J connectivity index is 3.77. The molecule has 104 valence electrons. The van der Waals surface area contributed by atoms with Gasteiger partial charge in [-0.3, -0.25) is 4.79 Å². The predicted octanol–water partition coefficient (Wildman–Crippen LogP) is 2.41. The van der Waals surface area contributed by atoms with Crippen molar-refractivity contribution in [1.82, 2.24) is 5.32 Å². The van der Waals surface area contributed by atoms with Crippen molar-refractivity contribution in [2.45, 2.75) is 46.6 Å². The summed E-state index contributed by atoms with van der Waals surface area (Å²) in [7, 11) is 0. The largest absolute Gasteiger partial charge is 0.496 e. The minimum atomic E-state index is -0.506. The third-order valence-electron chi connectivity index (χ3n) is 1.81. The van der Waals surface area contributed by atoms with E-state index in [4.69, 9.17) is 9.47 Å². The van der Waals surface area contributed by atoms with E-state index >= 15 is 0 Å². The van der Waals surface area contributed by atoms with Crippen LogP contribution in [0, 0.1) is 0 Å². The van der Waals surface area contributed by atoms with Crippen LogP contribution in [0.25, 0.3) is 0 Å². The van der Waals surface area contributed by atoms with Gasteiger partial charge in [0.15, 0.2) is 5.78 Å². The van der Waals surface area contributed by atoms with Crippen LogP contribution >= 0.6 is 0 Å². The predicted molar refractivity (Wildman–Crippen MR) is 69.2 cm³/mol. The number of ketones is 1. The molecule has 5 heteroatoms. The molecule has 0 aliphatic carbocycles. The molecule has 5 nitrogen and oxygen atoms in total. The molecule has 0 saturated carbocycles. The summed E-state index contributed by atoms with van der Waals surface area (Å²) in [6, 6.07) is 0. The van der Waals surface area contributed by atoms with E-state index in [0.717, 1.165) is 0 Å². The van der Waals surface area contributed by atoms with Crippen molar-refractivity contribution in [2.75, 3.05) is 13.2 Å². The van der Waals surface area contributed by atoms with Crippen LogP contribution < -0.4 is 5.32 Å². The van der Waals surface area contributed by atoms with Crippen molar-refractivity contribution in [2.24, 2.45) is 0 Å². The number of carbonyl (C=O) groups is 2. The molecule has 0 spiro atoms. The standard InChI is InChI=1S/C13H23NO4/c1-6-11(15)9-10(2)17-8-7-14-12(16)18-13(3,4)5/h9H,6-8H2,1-5H3,(H,14,16). The highest BCUT2D eigenvalue weighted by atomic mass is 16.6. The van der Waals surface area contributed by atoms with Gasteiger partial charge in [-0.05, 0) is 27.7 Å². The number of ether oxygens (including phenoxy) is 2. The molecule has 1 N–H and O–H groups in total. The lowest BCUT2D eigenvalue weighted by Gasteiger charge is -2.19. The highest BCUT2D eigenvalue weighted by Gasteiger charge is 2.15. The van der Waals surface area contributed by atoms with E-state index in [1.807, 2.05) is 0 Å². The van der Waals surface area contributed by atoms with Gasteiger partial charge in [0, 0.05) is 12.5 Å². The number of hydrogen-bond acceptors (Lipinski definition) is 4. The summed E-state index contributed by atoms with van der Waals surface area (Å²) in [6.45, 7) is 9.53. The molecule has 0 aromatic carbocycles. The van der Waals surface area contributed by atoms with Crippen molar-refractivity contribution in [3.05, 3.63) is 11.8 Å². The number of allylic oxidation sites excluding steroid dienone is 2. The smallest absolute Gasteiger partial charge is 0.407 e. The zero-order chi connectivity index (χ0) is 14.2. The first-order chi connectivity index (χ1) is 8.24. The summed E-state index contributed by atoms with van der Waals surface area (Å²) in [5.41, 5.74) is -0.506. The Morgan fingerprint density at radius 2 is 1.89 bits per heavy atom. The lowest BCUT2D eigenvalue weighted by atomic mass is 10.2. The molecule has 0 atom stereocenters. The summed E-state index contributed by atoms with van der Waals surface area (Å²) >= 11 is 0. The van der Waals surface area contributed by atoms with Gasteiger partial charge in [-0.15, -0.1) is 0 Å². The van der Waals surface area contributed by atoms with Gasteiger partial charge in [0.2, 0.25) is 0 Å². The molecular formula is C13H23NO4. The summed E-state index contributed by atoms with van der Waals surface area (Å²) < 4.78 is 10.3. The van der Waals surface area contributed by atoms with E-state index in [1.54, 1.807) is 34.6 Å². The molecule has 0 bridgehead atoms. The average Bonchev–Trinajstić information content (AvgIpc) is 2.21. The SMILES string of the molecule is CCC(=O)C=C(C)OCCNC(=O)OC(C)(C)C. The van der Waals surface area contributed by atoms with Crippen LogP contribution in [-0.2, 0) is 14.3 Å². The Kier molecular flexibility index (Phi) is 7.08. The van der Waals surface area contributed by atoms with Crippen LogP contribution in [-0.4, -0.2) is 30.6 Å². The maximum absolute atomic E-state index is 11.3. The molecular weight excluding hydrogens is 234 g/mol. The van der Waals surface area contributed by atoms with Gasteiger partial charge in [-0.2, -0.15) is 0 Å². The second-order valence-corrected chi connectivity index (χ2v) is 4.85. The molecule has 0 rings (SSSR count). The first-order valence-corrected chi connectivity index (χ1v) is 6.05. The van der Waals surface area contributed by atoms with E-state index in [9.17, 15) is 9.59 Å². The van der Waals surface area contributed by atoms with Gasteiger partial charge in [0.05, 0.1) is 12.3 Å². The van der Waals surface area contributed by atoms with E-state index in [1.165, 1.54) is 6.08 Å². The first kappa shape index (κ1) is 16.5. The number of carbonyl (C=O) groups excluding carboxylic acids is 2. The zero-order valence-electron chi connectivity index (χ0n) is 11.8. The molecule has 0 saturated heterocycles. The molecule has 1 amide bonds. The van der Waals surface area contributed by atoms with Crippen molar-refractivity contribution in [1.29, 1.82) is 0 Å². The van der Waals surface area contributed by atoms with E-state index < -0.39 is 11.7 Å². The monoisotopic (exact) mass is 257 g/mol. The quantitative estimate of drug-likeness (QED) is 0.451. The van der Waals surface area contributed by atoms with E-state index in [2.05, 4.69) is 5.32 Å². The third kappa shape index (κ3) is 9.69. The molecule has 0 aromatic heterocycles. The van der Waals surface area contributed by atoms with Crippen LogP contribution in [0.4, 0.5) is 4.79 Å². The minimum Gasteiger partial charge on any atom is -0.496 e. The number of nitrogens with one attached hydrogen (secondary N) is 1. The number of hydrogen-bond donors (Lipinski definition) is 1. The van der Waals surface area contributed by atoms with Gasteiger partial charge in [-0.25, -0.2) is 4.79 Å². The zero-order valence-corrected chi connectivity index (χ0v) is 11.8. The molecule has 0 radical (unpaired) electrons. The number of alkyl carbamates (subject to hydrolysis) is 1. The number of rotatable bonds is 6. The maximum Gasteiger partial charge on any atom is 0.407 e. The van der Waals surface area contributed by atoms with Crippen LogP contribution in [0.1, 0.15) is 41.0 Å². The van der Waals surface area contributed by atoms with Gasteiger partial charge >= 0.3 is 6.09 Å². The topological polar surface area (TPSA) is 64.6 Å². The Hall–Kier alpha value is -1.52. The molecule has 0 aliphatic heterocycles. The minimum absolute atomic E-state index is 0.0209. The Bertz CT molecular complexity index is 315. The summed E-state index contributed by atoms with van der Waals surface area (Å²) in [5, 5.41) is 2.56. The second kappa shape index (κ2) is 7.74. The van der Waals surface area contributed by atoms with Gasteiger partial charge in [-0.1, -0.05) is 6.92 Å². The highest BCUT2D eigenvalue weighted by molar-refractivity contribution is 5.89. The summed E-state index contributed by atoms with van der Waals surface area (Å²) in [5.74, 6) is 0.570. The fraction of sp³-hybridized carbons (Fsp3) is 0.692. The van der Waals surface area contributed by atoms with Gasteiger partial charge in [0.1, 0.15) is 12.2 Å². The fourth-order valence-corrected chi connectivity index (χ4v) is 1.05. The Morgan fingerprint density at radius 1 is 1.28 bits per heavy atom. The molecule has 0 fully saturated rings. The van der Waals surface area contributed by atoms with Crippen LogP contribution in [0.3, 0.4) is 0 Å². The summed E-state index contributed by atoms with van der Waals surface area (Å²) in [4.78, 5) is 22.3. The second-order valence-electron chi connectivity index (χ2n) is 4.85. The Morgan fingerprint density at radius 3 is 2.39 bits per heavy atom. The van der Waals surface area contributed by atoms with Crippen molar-refractivity contribution in [3.8, 4) is 0 Å². The van der Waals surface area contributed by atoms with Crippen molar-refractivity contribution >= 4 is 11.9 Å². The van der Waals surface area contributed by atoms with Crippen LogP contribution in [0.5, 0.6) is 0 Å².